The van der Waals surface area contributed by atoms with Crippen LogP contribution in [0.1, 0.15) is 37.9 Å². The molecule has 0 saturated carbocycles. The van der Waals surface area contributed by atoms with E-state index >= 15 is 0 Å². The summed E-state index contributed by atoms with van der Waals surface area (Å²) >= 11 is 0. The first-order chi connectivity index (χ1) is 11.5. The average Bonchev–Trinajstić information content (AvgIpc) is 3.16. The summed E-state index contributed by atoms with van der Waals surface area (Å²) in [7, 11) is 0. The highest BCUT2D eigenvalue weighted by Gasteiger charge is 2.56. The third-order valence-electron chi connectivity index (χ3n) is 7.01. The highest BCUT2D eigenvalue weighted by atomic mass is 16.3. The Labute approximate surface area is 142 Å². The lowest BCUT2D eigenvalue weighted by Crippen LogP contribution is -2.39. The van der Waals surface area contributed by atoms with Gasteiger partial charge in [0, 0.05) is 47.1 Å². The molecule has 5 atom stereocenters. The summed E-state index contributed by atoms with van der Waals surface area (Å²) in [4.78, 5) is 7.25. The van der Waals surface area contributed by atoms with Gasteiger partial charge in [0.25, 0.3) is 0 Å². The van der Waals surface area contributed by atoms with Crippen molar-refractivity contribution in [2.75, 3.05) is 13.1 Å². The molecule has 2 fully saturated rings. The fourth-order valence-corrected chi connectivity index (χ4v) is 5.22. The number of furan rings is 1. The maximum atomic E-state index is 6.26. The lowest BCUT2D eigenvalue weighted by atomic mass is 9.66. The van der Waals surface area contributed by atoms with Crippen LogP contribution in [0.15, 0.2) is 34.7 Å². The number of piperidine rings is 1. The van der Waals surface area contributed by atoms with Crippen LogP contribution in [0.4, 0.5) is 0 Å². The molecule has 3 aromatic rings. The van der Waals surface area contributed by atoms with Crippen molar-refractivity contribution in [2.45, 2.75) is 39.7 Å². The van der Waals surface area contributed by atoms with Crippen molar-refractivity contribution in [3.05, 3.63) is 41.6 Å². The maximum absolute atomic E-state index is 6.26. The van der Waals surface area contributed by atoms with Crippen molar-refractivity contribution < 1.29 is 4.42 Å². The Balaban J connectivity index is 1.72. The fourth-order valence-electron chi connectivity index (χ4n) is 5.22. The molecule has 24 heavy (non-hydrogen) atoms. The number of benzene rings is 1. The average molecular weight is 320 g/mol. The van der Waals surface area contributed by atoms with Crippen LogP contribution < -0.4 is 0 Å². The molecule has 0 aliphatic carbocycles. The first-order valence-corrected chi connectivity index (χ1v) is 9.02. The molecule has 3 nitrogen and oxygen atoms in total. The van der Waals surface area contributed by atoms with Gasteiger partial charge in [0.05, 0.1) is 0 Å². The van der Waals surface area contributed by atoms with E-state index in [9.17, 15) is 0 Å². The van der Waals surface area contributed by atoms with Crippen LogP contribution in [0.5, 0.6) is 0 Å². The van der Waals surface area contributed by atoms with E-state index in [1.54, 1.807) is 0 Å². The van der Waals surface area contributed by atoms with Gasteiger partial charge in [-0.3, -0.25) is 4.90 Å². The lowest BCUT2D eigenvalue weighted by molar-refractivity contribution is 0.157. The van der Waals surface area contributed by atoms with E-state index < -0.39 is 0 Å². The SMILES string of the molecule is Cc1ccc2c(n1)oc1c(C3CN4CC3(C)C(C)C4C)cccc12. The second kappa shape index (κ2) is 4.60. The number of aryl methyl sites for hydroxylation is 1. The van der Waals surface area contributed by atoms with Crippen LogP contribution in [-0.4, -0.2) is 29.0 Å². The third kappa shape index (κ3) is 1.68. The molecule has 4 heterocycles. The van der Waals surface area contributed by atoms with Crippen LogP contribution in [0.2, 0.25) is 0 Å². The first-order valence-electron chi connectivity index (χ1n) is 9.02. The molecule has 1 aromatic carbocycles. The van der Waals surface area contributed by atoms with Crippen molar-refractivity contribution in [1.82, 2.24) is 9.88 Å². The molecule has 2 bridgehead atoms. The molecule has 2 aliphatic rings. The van der Waals surface area contributed by atoms with E-state index in [1.807, 2.05) is 6.92 Å². The Bertz CT molecular complexity index is 959. The molecule has 2 aliphatic heterocycles. The van der Waals surface area contributed by atoms with Crippen LogP contribution in [-0.2, 0) is 0 Å². The van der Waals surface area contributed by atoms with E-state index in [-0.39, 0.29) is 0 Å². The second-order valence-electron chi connectivity index (χ2n) is 8.15. The molecular formula is C21H24N2O. The Morgan fingerprint density at radius 2 is 2.00 bits per heavy atom. The minimum atomic E-state index is 0.329. The number of rotatable bonds is 1. The maximum Gasteiger partial charge on any atom is 0.227 e. The van der Waals surface area contributed by atoms with Gasteiger partial charge >= 0.3 is 0 Å². The highest BCUT2D eigenvalue weighted by Crippen LogP contribution is 2.56. The van der Waals surface area contributed by atoms with Gasteiger partial charge in [0.2, 0.25) is 5.71 Å². The molecule has 5 rings (SSSR count). The number of aromatic nitrogens is 1. The van der Waals surface area contributed by atoms with Gasteiger partial charge in [-0.1, -0.05) is 32.0 Å². The van der Waals surface area contributed by atoms with E-state index in [2.05, 4.69) is 61.0 Å². The smallest absolute Gasteiger partial charge is 0.227 e. The molecule has 3 heteroatoms. The minimum Gasteiger partial charge on any atom is -0.437 e. The molecular weight excluding hydrogens is 296 g/mol. The van der Waals surface area contributed by atoms with E-state index in [0.717, 1.165) is 28.9 Å². The molecule has 0 spiro atoms. The van der Waals surface area contributed by atoms with Gasteiger partial charge in [0.15, 0.2) is 0 Å². The predicted molar refractivity (Wildman–Crippen MR) is 97.3 cm³/mol. The predicted octanol–water partition coefficient (Wildman–Crippen LogP) is 4.73. The molecule has 5 unspecified atom stereocenters. The van der Waals surface area contributed by atoms with Gasteiger partial charge in [-0.25, -0.2) is 4.98 Å². The van der Waals surface area contributed by atoms with Gasteiger partial charge < -0.3 is 4.42 Å². The van der Waals surface area contributed by atoms with Crippen LogP contribution in [0.3, 0.4) is 0 Å². The number of hydrogen-bond donors (Lipinski definition) is 0. The normalized spacial score (nSPS) is 35.3. The summed E-state index contributed by atoms with van der Waals surface area (Å²) in [6.45, 7) is 11.6. The van der Waals surface area contributed by atoms with Crippen molar-refractivity contribution in [3.8, 4) is 0 Å². The second-order valence-corrected chi connectivity index (χ2v) is 8.15. The molecule has 124 valence electrons. The quantitative estimate of drug-likeness (QED) is 0.649. The van der Waals surface area contributed by atoms with Crippen molar-refractivity contribution >= 4 is 22.1 Å². The van der Waals surface area contributed by atoms with Crippen molar-refractivity contribution in [2.24, 2.45) is 11.3 Å². The number of nitrogens with zero attached hydrogens (tertiary/aromatic N) is 2. The Morgan fingerprint density at radius 1 is 1.17 bits per heavy atom. The van der Waals surface area contributed by atoms with E-state index in [0.29, 0.717) is 23.3 Å². The standard InChI is InChI=1S/C21H24N2O/c1-12-8-9-16-15-6-5-7-17(19(15)24-20(16)22-12)18-10-23-11-21(18,4)13(2)14(23)3/h5-9,13-14,18H,10-11H2,1-4H3. The van der Waals surface area contributed by atoms with Crippen molar-refractivity contribution in [3.63, 3.8) is 0 Å². The van der Waals surface area contributed by atoms with Crippen LogP contribution >= 0.6 is 0 Å². The van der Waals surface area contributed by atoms with Gasteiger partial charge in [0.1, 0.15) is 5.58 Å². The topological polar surface area (TPSA) is 29.3 Å². The van der Waals surface area contributed by atoms with Gasteiger partial charge in [-0.2, -0.15) is 0 Å². The summed E-state index contributed by atoms with van der Waals surface area (Å²) < 4.78 is 6.26. The summed E-state index contributed by atoms with van der Waals surface area (Å²) in [6.07, 6.45) is 0. The van der Waals surface area contributed by atoms with Gasteiger partial charge in [-0.05, 0) is 37.3 Å². The molecule has 0 radical (unpaired) electrons. The Hall–Kier alpha value is -1.87. The van der Waals surface area contributed by atoms with Crippen molar-refractivity contribution in [1.29, 1.82) is 0 Å². The zero-order valence-electron chi connectivity index (χ0n) is 14.8. The largest absolute Gasteiger partial charge is 0.437 e. The van der Waals surface area contributed by atoms with E-state index in [4.69, 9.17) is 4.42 Å². The molecule has 0 amide bonds. The first kappa shape index (κ1) is 14.5. The zero-order valence-corrected chi connectivity index (χ0v) is 14.8. The summed E-state index contributed by atoms with van der Waals surface area (Å²) in [5.41, 5.74) is 4.52. The Kier molecular flexibility index (Phi) is 2.78. The number of hydrogen-bond acceptors (Lipinski definition) is 3. The fraction of sp³-hybridized carbons (Fsp3) is 0.476. The summed E-state index contributed by atoms with van der Waals surface area (Å²) in [5, 5.41) is 2.34. The van der Waals surface area contributed by atoms with Crippen LogP contribution in [0, 0.1) is 18.3 Å². The third-order valence-corrected chi connectivity index (χ3v) is 7.01. The minimum absolute atomic E-state index is 0.329. The highest BCUT2D eigenvalue weighted by molar-refractivity contribution is 6.04. The van der Waals surface area contributed by atoms with E-state index in [1.165, 1.54) is 17.5 Å². The monoisotopic (exact) mass is 320 g/mol. The molecule has 2 aromatic heterocycles. The number of fused-ring (bicyclic) bond motifs is 5. The summed E-state index contributed by atoms with van der Waals surface area (Å²) in [5.74, 6) is 1.24. The summed E-state index contributed by atoms with van der Waals surface area (Å²) in [6, 6.07) is 11.5. The molecule has 0 N–H and O–H groups in total. The lowest BCUT2D eigenvalue weighted by Gasteiger charge is -2.39. The molecule has 2 saturated heterocycles. The Morgan fingerprint density at radius 3 is 2.75 bits per heavy atom. The number of pyridine rings is 1. The van der Waals surface area contributed by atoms with Crippen LogP contribution in [0.25, 0.3) is 22.1 Å². The number of para-hydroxylation sites is 1. The van der Waals surface area contributed by atoms with Gasteiger partial charge in [-0.15, -0.1) is 0 Å². The zero-order chi connectivity index (χ0) is 16.6.